The van der Waals surface area contributed by atoms with Crippen LogP contribution in [0.25, 0.3) is 15.3 Å². The number of hydrogen-bond donors (Lipinski definition) is 1. The predicted octanol–water partition coefficient (Wildman–Crippen LogP) is 4.52. The summed E-state index contributed by atoms with van der Waals surface area (Å²) in [7, 11) is 0. The fourth-order valence-corrected chi connectivity index (χ4v) is 4.00. The minimum Gasteiger partial charge on any atom is -0.492 e. The Morgan fingerprint density at radius 1 is 1.10 bits per heavy atom. The molecule has 7 nitrogen and oxygen atoms in total. The van der Waals surface area contributed by atoms with E-state index in [1.165, 1.54) is 11.3 Å². The third-order valence-electron chi connectivity index (χ3n) is 4.40. The van der Waals surface area contributed by atoms with E-state index in [-0.39, 0.29) is 12.5 Å². The summed E-state index contributed by atoms with van der Waals surface area (Å²) in [4.78, 5) is 17.2. The van der Waals surface area contributed by atoms with Crippen LogP contribution in [-0.4, -0.2) is 33.9 Å². The number of aryl methyl sites for hydroxylation is 2. The number of carbonyl (C=O) groups excluding carboxylic acids is 1. The van der Waals surface area contributed by atoms with Crippen molar-refractivity contribution in [1.29, 1.82) is 0 Å². The number of benzene rings is 2. The number of nitrogens with zero attached hydrogens (tertiary/aromatic N) is 3. The van der Waals surface area contributed by atoms with E-state index in [9.17, 15) is 4.79 Å². The molecular weight excluding hydrogens is 400 g/mol. The number of hydrogen-bond acceptors (Lipinski definition) is 6. The first-order valence-electron chi connectivity index (χ1n) is 9.63. The zero-order valence-electron chi connectivity index (χ0n) is 17.0. The maximum absolute atomic E-state index is 12.5. The van der Waals surface area contributed by atoms with Gasteiger partial charge in [0.25, 0.3) is 5.91 Å². The summed E-state index contributed by atoms with van der Waals surface area (Å²) in [6.45, 7) is 6.22. The van der Waals surface area contributed by atoms with Crippen molar-refractivity contribution < 1.29 is 14.3 Å². The van der Waals surface area contributed by atoms with Gasteiger partial charge in [0.2, 0.25) is 5.13 Å². The first kappa shape index (κ1) is 19.9. The highest BCUT2D eigenvalue weighted by Gasteiger charge is 2.16. The van der Waals surface area contributed by atoms with E-state index in [0.717, 1.165) is 27.2 Å². The van der Waals surface area contributed by atoms with Crippen LogP contribution in [0.1, 0.15) is 18.2 Å². The maximum atomic E-state index is 12.5. The van der Waals surface area contributed by atoms with E-state index in [2.05, 4.69) is 10.4 Å². The van der Waals surface area contributed by atoms with E-state index in [0.29, 0.717) is 23.3 Å². The molecule has 0 aliphatic rings. The van der Waals surface area contributed by atoms with Crippen LogP contribution in [-0.2, 0) is 4.79 Å². The molecule has 0 radical (unpaired) electrons. The molecule has 2 aromatic heterocycles. The summed E-state index contributed by atoms with van der Waals surface area (Å²) in [6, 6.07) is 15.2. The average Bonchev–Trinajstić information content (AvgIpc) is 3.31. The number of aromatic nitrogens is 3. The van der Waals surface area contributed by atoms with Crippen LogP contribution >= 0.6 is 11.3 Å². The van der Waals surface area contributed by atoms with Gasteiger partial charge < -0.3 is 14.8 Å². The lowest BCUT2D eigenvalue weighted by Gasteiger charge is -2.09. The second-order valence-electron chi connectivity index (χ2n) is 6.72. The number of carbonyl (C=O) groups is 1. The van der Waals surface area contributed by atoms with Crippen molar-refractivity contribution in [1.82, 2.24) is 14.8 Å². The largest absolute Gasteiger partial charge is 0.492 e. The molecule has 1 N–H and O–H groups in total. The standard InChI is InChI=1S/C22H22N4O3S/c1-4-28-17-10-7-11-18-21(17)24-22(30-18)26-19(12-15(3)25-26)23-20(27)13-29-16-9-6-5-8-14(16)2/h5-12H,4,13H2,1-3H3,(H,23,27). The Bertz CT molecular complexity index is 1200. The van der Waals surface area contributed by atoms with Crippen molar-refractivity contribution >= 4 is 33.3 Å². The Labute approximate surface area is 178 Å². The molecule has 0 bridgehead atoms. The lowest BCUT2D eigenvalue weighted by Crippen LogP contribution is -2.22. The summed E-state index contributed by atoms with van der Waals surface area (Å²) in [5.74, 6) is 1.70. The summed E-state index contributed by atoms with van der Waals surface area (Å²) < 4.78 is 14.0. The minimum atomic E-state index is -0.268. The van der Waals surface area contributed by atoms with Crippen molar-refractivity contribution in [2.75, 3.05) is 18.5 Å². The molecule has 4 aromatic rings. The smallest absolute Gasteiger partial charge is 0.263 e. The van der Waals surface area contributed by atoms with Crippen molar-refractivity contribution in [3.63, 3.8) is 0 Å². The van der Waals surface area contributed by atoms with Gasteiger partial charge in [-0.25, -0.2) is 4.98 Å². The second-order valence-corrected chi connectivity index (χ2v) is 7.73. The molecule has 1 amide bonds. The van der Waals surface area contributed by atoms with Crippen molar-refractivity contribution in [2.24, 2.45) is 0 Å². The van der Waals surface area contributed by atoms with Gasteiger partial charge in [-0.1, -0.05) is 35.6 Å². The number of rotatable bonds is 7. The third kappa shape index (κ3) is 4.13. The third-order valence-corrected chi connectivity index (χ3v) is 5.40. The van der Waals surface area contributed by atoms with Gasteiger partial charge in [0, 0.05) is 6.07 Å². The number of nitrogens with one attached hydrogen (secondary N) is 1. The molecular formula is C22H22N4O3S. The SMILES string of the molecule is CCOc1cccc2sc(-n3nc(C)cc3NC(=O)COc3ccccc3C)nc12. The Balaban J connectivity index is 1.55. The van der Waals surface area contributed by atoms with Crippen LogP contribution in [0.15, 0.2) is 48.5 Å². The lowest BCUT2D eigenvalue weighted by molar-refractivity contribution is -0.118. The van der Waals surface area contributed by atoms with Gasteiger partial charge in [-0.05, 0) is 44.5 Å². The molecule has 8 heteroatoms. The molecule has 4 rings (SSSR count). The number of ether oxygens (including phenoxy) is 2. The molecule has 154 valence electrons. The number of anilines is 1. The number of para-hydroxylation sites is 2. The number of amides is 1. The van der Waals surface area contributed by atoms with Gasteiger partial charge in [-0.3, -0.25) is 4.79 Å². The molecule has 0 fully saturated rings. The Morgan fingerprint density at radius 3 is 2.70 bits per heavy atom. The highest BCUT2D eigenvalue weighted by atomic mass is 32.1. The second kappa shape index (κ2) is 8.54. The van der Waals surface area contributed by atoms with E-state index in [1.807, 2.05) is 63.2 Å². The van der Waals surface area contributed by atoms with Gasteiger partial charge >= 0.3 is 0 Å². The van der Waals surface area contributed by atoms with E-state index in [4.69, 9.17) is 14.5 Å². The number of fused-ring (bicyclic) bond motifs is 1. The monoisotopic (exact) mass is 422 g/mol. The highest BCUT2D eigenvalue weighted by Crippen LogP contribution is 2.32. The first-order chi connectivity index (χ1) is 14.5. The van der Waals surface area contributed by atoms with Crippen molar-refractivity contribution in [2.45, 2.75) is 20.8 Å². The normalized spacial score (nSPS) is 10.9. The van der Waals surface area contributed by atoms with E-state index >= 15 is 0 Å². The van der Waals surface area contributed by atoms with Crippen molar-refractivity contribution in [3.8, 4) is 16.6 Å². The molecule has 0 unspecified atom stereocenters. The molecule has 0 aliphatic heterocycles. The van der Waals surface area contributed by atoms with Crippen LogP contribution in [0.4, 0.5) is 5.82 Å². The zero-order valence-corrected chi connectivity index (χ0v) is 17.8. The first-order valence-corrected chi connectivity index (χ1v) is 10.4. The Morgan fingerprint density at radius 2 is 1.90 bits per heavy atom. The van der Waals surface area contributed by atoms with Crippen LogP contribution in [0.2, 0.25) is 0 Å². The van der Waals surface area contributed by atoms with Crippen LogP contribution < -0.4 is 14.8 Å². The summed E-state index contributed by atoms with van der Waals surface area (Å²) in [6.07, 6.45) is 0. The predicted molar refractivity (Wildman–Crippen MR) is 118 cm³/mol. The van der Waals surface area contributed by atoms with Crippen LogP contribution in [0.5, 0.6) is 11.5 Å². The zero-order chi connectivity index (χ0) is 21.1. The van der Waals surface area contributed by atoms with Crippen LogP contribution in [0.3, 0.4) is 0 Å². The molecule has 0 atom stereocenters. The van der Waals surface area contributed by atoms with E-state index in [1.54, 1.807) is 10.7 Å². The highest BCUT2D eigenvalue weighted by molar-refractivity contribution is 7.20. The molecule has 0 aliphatic carbocycles. The average molecular weight is 423 g/mol. The molecule has 30 heavy (non-hydrogen) atoms. The van der Waals surface area contributed by atoms with E-state index < -0.39 is 0 Å². The maximum Gasteiger partial charge on any atom is 0.263 e. The van der Waals surface area contributed by atoms with Gasteiger partial charge in [0.1, 0.15) is 22.8 Å². The molecule has 2 aromatic carbocycles. The Hall–Kier alpha value is -3.39. The van der Waals surface area contributed by atoms with Gasteiger partial charge in [-0.15, -0.1) is 0 Å². The molecule has 2 heterocycles. The molecule has 0 saturated heterocycles. The molecule has 0 saturated carbocycles. The van der Waals surface area contributed by atoms with Crippen LogP contribution in [0, 0.1) is 13.8 Å². The van der Waals surface area contributed by atoms with Gasteiger partial charge in [0.05, 0.1) is 17.0 Å². The summed E-state index contributed by atoms with van der Waals surface area (Å²) in [5, 5.41) is 8.03. The lowest BCUT2D eigenvalue weighted by atomic mass is 10.2. The quantitative estimate of drug-likeness (QED) is 0.474. The van der Waals surface area contributed by atoms with Gasteiger partial charge in [-0.2, -0.15) is 9.78 Å². The fourth-order valence-electron chi connectivity index (χ4n) is 3.05. The Kier molecular flexibility index (Phi) is 5.67. The summed E-state index contributed by atoms with van der Waals surface area (Å²) >= 11 is 1.48. The topological polar surface area (TPSA) is 78.3 Å². The minimum absolute atomic E-state index is 0.0938. The fraction of sp³-hybridized carbons (Fsp3) is 0.227. The van der Waals surface area contributed by atoms with Gasteiger partial charge in [0.15, 0.2) is 6.61 Å². The summed E-state index contributed by atoms with van der Waals surface area (Å²) in [5.41, 5.74) is 2.54. The molecule has 0 spiro atoms. The number of thiazole rings is 1. The van der Waals surface area contributed by atoms with Crippen molar-refractivity contribution in [3.05, 3.63) is 59.8 Å².